The normalized spacial score (nSPS) is 13.1. The SMILES string of the molecule is CN=C(NOC=O)c1ccccc1-c1ccc(Cn2c(=O)n(CC(=O)c3ccc(OC)cc3)c(=O)c3cc(C4CC4)sc32)c(F)c1. The minimum atomic E-state index is -0.692. The van der Waals surface area contributed by atoms with E-state index in [1.807, 2.05) is 0 Å². The zero-order valence-electron chi connectivity index (χ0n) is 25.0. The van der Waals surface area contributed by atoms with Crippen molar-refractivity contribution in [1.82, 2.24) is 14.6 Å². The molecule has 5 aromatic rings. The molecule has 0 atom stereocenters. The molecule has 2 heterocycles. The zero-order chi connectivity index (χ0) is 32.4. The maximum atomic E-state index is 15.8. The predicted molar refractivity (Wildman–Crippen MR) is 173 cm³/mol. The molecule has 234 valence electrons. The molecule has 3 aromatic carbocycles. The molecule has 6 rings (SSSR count). The summed E-state index contributed by atoms with van der Waals surface area (Å²) in [7, 11) is 3.04. The van der Waals surface area contributed by atoms with Crippen molar-refractivity contribution in [2.75, 3.05) is 14.2 Å². The van der Waals surface area contributed by atoms with Gasteiger partial charge in [0, 0.05) is 28.6 Å². The lowest BCUT2D eigenvalue weighted by molar-refractivity contribution is -0.132. The van der Waals surface area contributed by atoms with Crippen molar-refractivity contribution in [2.24, 2.45) is 4.99 Å². The Morgan fingerprint density at radius 1 is 1.07 bits per heavy atom. The number of nitrogens with zero attached hydrogens (tertiary/aromatic N) is 3. The molecule has 1 fully saturated rings. The quantitative estimate of drug-likeness (QED) is 0.0717. The highest BCUT2D eigenvalue weighted by molar-refractivity contribution is 7.18. The van der Waals surface area contributed by atoms with Crippen molar-refractivity contribution >= 4 is 39.6 Å². The molecule has 0 saturated heterocycles. The number of hydroxylamine groups is 1. The third-order valence-electron chi connectivity index (χ3n) is 7.91. The summed E-state index contributed by atoms with van der Waals surface area (Å²) >= 11 is 1.36. The Hall–Kier alpha value is -5.36. The summed E-state index contributed by atoms with van der Waals surface area (Å²) in [4.78, 5) is 61.6. The van der Waals surface area contributed by atoms with E-state index in [4.69, 9.17) is 4.74 Å². The molecule has 10 nitrogen and oxygen atoms in total. The van der Waals surface area contributed by atoms with Gasteiger partial charge in [0.15, 0.2) is 11.6 Å². The first-order chi connectivity index (χ1) is 22.3. The van der Waals surface area contributed by atoms with Gasteiger partial charge in [-0.2, -0.15) is 0 Å². The topological polar surface area (TPSA) is 121 Å². The van der Waals surface area contributed by atoms with Gasteiger partial charge in [-0.25, -0.2) is 14.7 Å². The predicted octanol–water partition coefficient (Wildman–Crippen LogP) is 4.90. The number of Topliss-reactive ketones (excluding diaryl/α,β-unsaturated/α-hetero) is 1. The van der Waals surface area contributed by atoms with Crippen molar-refractivity contribution in [3.63, 3.8) is 0 Å². The van der Waals surface area contributed by atoms with Crippen LogP contribution in [0.25, 0.3) is 21.3 Å². The number of ketones is 1. The number of aliphatic imine (C=N–C) groups is 1. The first kappa shape index (κ1) is 30.7. The van der Waals surface area contributed by atoms with E-state index >= 15 is 4.39 Å². The van der Waals surface area contributed by atoms with Gasteiger partial charge in [0.2, 0.25) is 0 Å². The number of halogens is 1. The van der Waals surface area contributed by atoms with Crippen LogP contribution in [-0.2, 0) is 22.7 Å². The molecule has 0 aliphatic heterocycles. The van der Waals surface area contributed by atoms with Crippen LogP contribution in [0, 0.1) is 5.82 Å². The summed E-state index contributed by atoms with van der Waals surface area (Å²) in [6, 6.07) is 20.0. The number of fused-ring (bicyclic) bond motifs is 1. The molecular weight excluding hydrogens is 611 g/mol. The van der Waals surface area contributed by atoms with Crippen LogP contribution in [0.3, 0.4) is 0 Å². The Morgan fingerprint density at radius 3 is 2.50 bits per heavy atom. The van der Waals surface area contributed by atoms with Crippen LogP contribution >= 0.6 is 11.3 Å². The minimum absolute atomic E-state index is 0.152. The van der Waals surface area contributed by atoms with Gasteiger partial charge in [-0.3, -0.25) is 28.5 Å². The third-order valence-corrected chi connectivity index (χ3v) is 9.23. The lowest BCUT2D eigenvalue weighted by atomic mass is 9.97. The molecule has 0 radical (unpaired) electrons. The summed E-state index contributed by atoms with van der Waals surface area (Å²) in [5.41, 5.74) is 3.53. The fourth-order valence-corrected chi connectivity index (χ4v) is 6.65. The number of benzene rings is 3. The number of rotatable bonds is 11. The second-order valence-electron chi connectivity index (χ2n) is 10.8. The smallest absolute Gasteiger partial charge is 0.332 e. The van der Waals surface area contributed by atoms with Crippen molar-refractivity contribution in [3.8, 4) is 16.9 Å². The molecule has 1 saturated carbocycles. The van der Waals surface area contributed by atoms with Gasteiger partial charge in [0.05, 0.1) is 25.6 Å². The number of carbonyl (C=O) groups is 2. The average Bonchev–Trinajstić information content (AvgIpc) is 3.84. The number of ether oxygens (including phenoxy) is 1. The number of methoxy groups -OCH3 is 1. The fraction of sp³-hybridized carbons (Fsp3) is 0.206. The van der Waals surface area contributed by atoms with E-state index in [2.05, 4.69) is 15.3 Å². The summed E-state index contributed by atoms with van der Waals surface area (Å²) in [5, 5.41) is 0.330. The molecule has 1 aliphatic rings. The number of nitrogens with one attached hydrogen (secondary N) is 1. The van der Waals surface area contributed by atoms with Crippen molar-refractivity contribution in [3.05, 3.63) is 121 Å². The summed E-state index contributed by atoms with van der Waals surface area (Å²) in [6.45, 7) is -0.378. The van der Waals surface area contributed by atoms with Crippen LogP contribution in [0.1, 0.15) is 45.1 Å². The number of thiophene rings is 1. The van der Waals surface area contributed by atoms with E-state index in [-0.39, 0.29) is 24.4 Å². The molecular formula is C34H29FN4O6S. The summed E-state index contributed by atoms with van der Waals surface area (Å²) in [6.07, 6.45) is 2.00. The molecule has 1 aliphatic carbocycles. The van der Waals surface area contributed by atoms with Gasteiger partial charge >= 0.3 is 12.2 Å². The van der Waals surface area contributed by atoms with Crippen LogP contribution in [0.15, 0.2) is 87.4 Å². The first-order valence-corrected chi connectivity index (χ1v) is 15.3. The highest BCUT2D eigenvalue weighted by Crippen LogP contribution is 2.44. The zero-order valence-corrected chi connectivity index (χ0v) is 25.8. The number of hydrogen-bond donors (Lipinski definition) is 1. The molecule has 0 bridgehead atoms. The number of carbonyl (C=O) groups excluding carboxylic acids is 2. The molecule has 2 aromatic heterocycles. The van der Waals surface area contributed by atoms with E-state index in [0.29, 0.717) is 44.1 Å². The molecule has 0 spiro atoms. The minimum Gasteiger partial charge on any atom is -0.497 e. The van der Waals surface area contributed by atoms with Crippen molar-refractivity contribution in [1.29, 1.82) is 0 Å². The fourth-order valence-electron chi connectivity index (χ4n) is 5.33. The summed E-state index contributed by atoms with van der Waals surface area (Å²) < 4.78 is 23.3. The molecule has 12 heteroatoms. The van der Waals surface area contributed by atoms with E-state index in [9.17, 15) is 19.2 Å². The van der Waals surface area contributed by atoms with Gasteiger partial charge in [0.1, 0.15) is 16.4 Å². The average molecular weight is 641 g/mol. The number of amidine groups is 1. The van der Waals surface area contributed by atoms with Crippen LogP contribution in [0.5, 0.6) is 5.75 Å². The first-order valence-electron chi connectivity index (χ1n) is 14.5. The summed E-state index contributed by atoms with van der Waals surface area (Å²) in [5.74, 6) is 0.195. The largest absolute Gasteiger partial charge is 0.497 e. The van der Waals surface area contributed by atoms with Crippen LogP contribution < -0.4 is 21.5 Å². The molecule has 0 amide bonds. The van der Waals surface area contributed by atoms with Crippen LogP contribution in [0.2, 0.25) is 0 Å². The van der Waals surface area contributed by atoms with Gasteiger partial charge in [-0.15, -0.1) is 11.3 Å². The van der Waals surface area contributed by atoms with E-state index < -0.39 is 29.4 Å². The monoisotopic (exact) mass is 640 g/mol. The van der Waals surface area contributed by atoms with Gasteiger partial charge < -0.3 is 9.57 Å². The van der Waals surface area contributed by atoms with Gasteiger partial charge in [0.25, 0.3) is 5.56 Å². The number of hydrogen-bond acceptors (Lipinski definition) is 8. The second kappa shape index (κ2) is 12.9. The van der Waals surface area contributed by atoms with E-state index in [0.717, 1.165) is 22.3 Å². The molecule has 1 N–H and O–H groups in total. The second-order valence-corrected chi connectivity index (χ2v) is 11.9. The van der Waals surface area contributed by atoms with E-state index in [1.54, 1.807) is 66.7 Å². The van der Waals surface area contributed by atoms with Gasteiger partial charge in [-0.1, -0.05) is 36.4 Å². The maximum absolute atomic E-state index is 15.8. The lowest BCUT2D eigenvalue weighted by Gasteiger charge is -2.15. The lowest BCUT2D eigenvalue weighted by Crippen LogP contribution is -2.41. The third kappa shape index (κ3) is 5.98. The van der Waals surface area contributed by atoms with Gasteiger partial charge in [-0.05, 0) is 66.3 Å². The van der Waals surface area contributed by atoms with Crippen LogP contribution in [-0.4, -0.2) is 41.4 Å². The Morgan fingerprint density at radius 2 is 1.83 bits per heavy atom. The Kier molecular flexibility index (Phi) is 8.62. The standard InChI is InChI=1S/C34H29FN4O6S/c1-36-31(37-45-19-40)26-6-4-3-5-25(26)22-9-10-23(28(35)15-22)17-39-33-27(16-30(46-33)21-7-8-21)32(42)38(34(39)43)18-29(41)20-11-13-24(44-2)14-12-20/h3-6,9-16,19,21H,7-8,17-18H2,1-2H3,(H,36,37). The number of aromatic nitrogens is 2. The Bertz CT molecular complexity index is 2110. The maximum Gasteiger partial charge on any atom is 0.332 e. The Balaban J connectivity index is 1.39. The van der Waals surface area contributed by atoms with Crippen molar-refractivity contribution in [2.45, 2.75) is 31.8 Å². The van der Waals surface area contributed by atoms with E-state index in [1.165, 1.54) is 36.1 Å². The highest BCUT2D eigenvalue weighted by Gasteiger charge is 2.28. The highest BCUT2D eigenvalue weighted by atomic mass is 32.1. The van der Waals surface area contributed by atoms with Crippen molar-refractivity contribution < 1.29 is 23.6 Å². The van der Waals surface area contributed by atoms with Crippen LogP contribution in [0.4, 0.5) is 4.39 Å². The Labute approximate surface area is 266 Å². The molecule has 46 heavy (non-hydrogen) atoms. The molecule has 0 unspecified atom stereocenters.